The van der Waals surface area contributed by atoms with E-state index < -0.39 is 0 Å². The van der Waals surface area contributed by atoms with E-state index in [2.05, 4.69) is 389 Å². The number of para-hydroxylation sites is 2. The lowest BCUT2D eigenvalue weighted by molar-refractivity contribution is 0.332. The molecule has 2 aliphatic carbocycles. The summed E-state index contributed by atoms with van der Waals surface area (Å²) in [6.45, 7) is 33.2. The molecule has 0 radical (unpaired) electrons. The van der Waals surface area contributed by atoms with Crippen LogP contribution < -0.4 is 26.2 Å². The zero-order valence-corrected chi connectivity index (χ0v) is 64.7. The van der Waals surface area contributed by atoms with Crippen molar-refractivity contribution in [1.82, 2.24) is 9.13 Å². The third-order valence-corrected chi connectivity index (χ3v) is 25.6. The van der Waals surface area contributed by atoms with Crippen LogP contribution in [0.2, 0.25) is 0 Å². The Labute approximate surface area is 633 Å². The zero-order chi connectivity index (χ0) is 73.6. The van der Waals surface area contributed by atoms with Gasteiger partial charge >= 0.3 is 0 Å². The Hall–Kier alpha value is -10.9. The molecule has 4 heterocycles. The Balaban J connectivity index is 0.892. The molecule has 2 aromatic heterocycles. The van der Waals surface area contributed by atoms with Gasteiger partial charge in [-0.2, -0.15) is 0 Å². The monoisotopic (exact) mass is 1390 g/mol. The largest absolute Gasteiger partial charge is 0.311 e. The highest BCUT2D eigenvalue weighted by atomic mass is 15.2. The van der Waals surface area contributed by atoms with Crippen molar-refractivity contribution in [2.24, 2.45) is 0 Å². The highest BCUT2D eigenvalue weighted by Crippen LogP contribution is 2.52. The van der Waals surface area contributed by atoms with Crippen molar-refractivity contribution in [3.8, 4) is 55.9 Å². The first kappa shape index (κ1) is 66.8. The van der Waals surface area contributed by atoms with Gasteiger partial charge in [0.15, 0.2) is 0 Å². The predicted octanol–water partition coefficient (Wildman–Crippen LogP) is 25.9. The molecule has 0 amide bonds. The molecule has 526 valence electrons. The highest BCUT2D eigenvalue weighted by Gasteiger charge is 2.45. The van der Waals surface area contributed by atoms with Gasteiger partial charge in [-0.1, -0.05) is 279 Å². The molecule has 4 nitrogen and oxygen atoms in total. The van der Waals surface area contributed by atoms with E-state index in [1.165, 1.54) is 152 Å². The number of nitrogens with zero attached hydrogens (tertiary/aromatic N) is 4. The van der Waals surface area contributed by atoms with E-state index in [4.69, 9.17) is 0 Å². The molecule has 15 aromatic rings. The normalized spacial score (nSPS) is 16.0. The molecule has 5 heteroatoms. The molecule has 0 bridgehead atoms. The van der Waals surface area contributed by atoms with Gasteiger partial charge in [0.1, 0.15) is 0 Å². The van der Waals surface area contributed by atoms with Gasteiger partial charge in [0.2, 0.25) is 0 Å². The summed E-state index contributed by atoms with van der Waals surface area (Å²) in [4.78, 5) is 5.28. The fraction of sp³-hybridized carbons (Fsp3) is 0.235. The quantitative estimate of drug-likeness (QED) is 0.141. The zero-order valence-electron chi connectivity index (χ0n) is 64.7. The van der Waals surface area contributed by atoms with Gasteiger partial charge < -0.3 is 18.9 Å². The standard InChI is InChI=1S/C102H95BN4/c1-97(2,3)72-38-28-65(29-39-72)71-36-48-86-92(59-71)104(74-41-30-66(31-42-74)69-34-46-82-84(57-69)101(11,12)54-52-99(82,7)8)94-62-77(107-89-27-21-18-24-78(89)80-56-68(37-50-90(80)107)64-22-16-15-17-23-64)63-95-96(94)103(86)87-49-45-76(106-88-26-20-19-25-79(88)81-60-73(98(4,5)6)40-51-91(81)106)61-93(87)105(95)75-43-32-67(33-44-75)70-35-47-83-85(58-70)102(13,14)55-53-100(83,9)10/h15-51,56-63H,52-55H2,1-14H3. The lowest BCUT2D eigenvalue weighted by Crippen LogP contribution is -2.61. The van der Waals surface area contributed by atoms with Crippen molar-refractivity contribution in [1.29, 1.82) is 0 Å². The van der Waals surface area contributed by atoms with Crippen LogP contribution in [0.15, 0.2) is 273 Å². The lowest BCUT2D eigenvalue weighted by atomic mass is 9.33. The van der Waals surface area contributed by atoms with Crippen LogP contribution in [-0.4, -0.2) is 15.8 Å². The Kier molecular flexibility index (Phi) is 14.9. The minimum Gasteiger partial charge on any atom is -0.311 e. The maximum absolute atomic E-state index is 2.64. The van der Waals surface area contributed by atoms with Gasteiger partial charge in [-0.25, -0.2) is 0 Å². The number of rotatable bonds is 8. The summed E-state index contributed by atoms with van der Waals surface area (Å²) in [6.07, 6.45) is 4.70. The average molecular weight is 1390 g/mol. The molecule has 0 unspecified atom stereocenters. The molecule has 13 aromatic carbocycles. The van der Waals surface area contributed by atoms with Crippen LogP contribution in [0, 0.1) is 0 Å². The lowest BCUT2D eigenvalue weighted by Gasteiger charge is -2.44. The molecule has 0 fully saturated rings. The molecule has 2 aliphatic heterocycles. The second-order valence-corrected chi connectivity index (χ2v) is 36.3. The van der Waals surface area contributed by atoms with Crippen molar-refractivity contribution >= 4 is 101 Å². The third-order valence-electron chi connectivity index (χ3n) is 25.6. The van der Waals surface area contributed by atoms with Crippen molar-refractivity contribution in [2.45, 2.75) is 155 Å². The maximum Gasteiger partial charge on any atom is 0.252 e. The van der Waals surface area contributed by atoms with Crippen molar-refractivity contribution in [3.63, 3.8) is 0 Å². The highest BCUT2D eigenvalue weighted by molar-refractivity contribution is 7.00. The fourth-order valence-corrected chi connectivity index (χ4v) is 19.1. The molecule has 107 heavy (non-hydrogen) atoms. The van der Waals surface area contributed by atoms with Crippen LogP contribution in [0.1, 0.15) is 156 Å². The number of benzene rings is 13. The maximum atomic E-state index is 2.64. The topological polar surface area (TPSA) is 16.3 Å². The van der Waals surface area contributed by atoms with Gasteiger partial charge in [-0.05, 0) is 243 Å². The summed E-state index contributed by atoms with van der Waals surface area (Å²) in [5.74, 6) is 0. The van der Waals surface area contributed by atoms with Gasteiger partial charge in [-0.15, -0.1) is 0 Å². The fourth-order valence-electron chi connectivity index (χ4n) is 19.1. The minimum atomic E-state index is -0.165. The van der Waals surface area contributed by atoms with Crippen LogP contribution in [0.4, 0.5) is 34.1 Å². The Morgan fingerprint density at radius 1 is 0.262 bits per heavy atom. The van der Waals surface area contributed by atoms with Crippen LogP contribution in [0.25, 0.3) is 99.5 Å². The smallest absolute Gasteiger partial charge is 0.252 e. The van der Waals surface area contributed by atoms with Gasteiger partial charge in [-0.3, -0.25) is 0 Å². The second kappa shape index (κ2) is 23.8. The summed E-state index contributed by atoms with van der Waals surface area (Å²) in [5.41, 5.74) is 36.2. The minimum absolute atomic E-state index is 0.0148. The summed E-state index contributed by atoms with van der Waals surface area (Å²) in [7, 11) is 0. The number of fused-ring (bicyclic) bond motifs is 12. The van der Waals surface area contributed by atoms with E-state index >= 15 is 0 Å². The van der Waals surface area contributed by atoms with Crippen molar-refractivity contribution in [2.75, 3.05) is 9.80 Å². The van der Waals surface area contributed by atoms with Crippen molar-refractivity contribution < 1.29 is 0 Å². The van der Waals surface area contributed by atoms with Crippen LogP contribution in [0.5, 0.6) is 0 Å². The number of hydrogen-bond acceptors (Lipinski definition) is 2. The first-order valence-electron chi connectivity index (χ1n) is 39.1. The predicted molar refractivity (Wildman–Crippen MR) is 459 cm³/mol. The molecule has 19 rings (SSSR count). The second-order valence-electron chi connectivity index (χ2n) is 36.3. The van der Waals surface area contributed by atoms with E-state index in [0.717, 1.165) is 57.3 Å². The van der Waals surface area contributed by atoms with Crippen LogP contribution in [0.3, 0.4) is 0 Å². The van der Waals surface area contributed by atoms with Gasteiger partial charge in [0.05, 0.1) is 27.8 Å². The summed E-state index contributed by atoms with van der Waals surface area (Å²) < 4.78 is 5.09. The average Bonchev–Trinajstić information content (AvgIpc) is 1.60. The molecular formula is C102H95BN4. The molecule has 0 saturated carbocycles. The Morgan fingerprint density at radius 2 is 0.617 bits per heavy atom. The summed E-state index contributed by atoms with van der Waals surface area (Å²) in [6, 6.07) is 106. The number of aromatic nitrogens is 2. The molecule has 0 N–H and O–H groups in total. The van der Waals surface area contributed by atoms with E-state index in [0.29, 0.717) is 0 Å². The van der Waals surface area contributed by atoms with E-state index in [9.17, 15) is 0 Å². The first-order valence-corrected chi connectivity index (χ1v) is 39.1. The number of anilines is 6. The van der Waals surface area contributed by atoms with E-state index in [1.54, 1.807) is 0 Å². The van der Waals surface area contributed by atoms with Crippen LogP contribution >= 0.6 is 0 Å². The molecule has 0 spiro atoms. The molecule has 0 atom stereocenters. The third kappa shape index (κ3) is 10.7. The first-order chi connectivity index (χ1) is 51.3. The summed E-state index contributed by atoms with van der Waals surface area (Å²) >= 11 is 0. The molecule has 4 aliphatic rings. The number of hydrogen-bond donors (Lipinski definition) is 0. The van der Waals surface area contributed by atoms with E-state index in [-0.39, 0.29) is 39.2 Å². The van der Waals surface area contributed by atoms with Crippen LogP contribution in [-0.2, 0) is 32.5 Å². The Bertz CT molecular complexity index is 6140. The summed E-state index contributed by atoms with van der Waals surface area (Å²) in [5, 5.41) is 4.96. The Morgan fingerprint density at radius 3 is 1.14 bits per heavy atom. The van der Waals surface area contributed by atoms with Gasteiger partial charge in [0, 0.05) is 61.4 Å². The van der Waals surface area contributed by atoms with E-state index in [1.807, 2.05) is 0 Å². The van der Waals surface area contributed by atoms with Crippen molar-refractivity contribution in [3.05, 3.63) is 306 Å². The molecule has 0 saturated heterocycles. The SMILES string of the molecule is CC(C)(C)c1ccc(-c2ccc3c(c2)N(c2ccc(-c4ccc5c(c4)C(C)(C)CCC5(C)C)cc2)c2cc(-n4c5ccccc5c5cc(-c6ccccc6)ccc54)cc4c2B3c2ccc(-n3c5ccccc5c5cc(C(C)(C)C)ccc53)cc2N4c2ccc(-c3ccc4c(c3)C(C)(C)CCC4(C)C)cc2)cc1. The molecular weight excluding hydrogens is 1290 g/mol. The van der Waals surface area contributed by atoms with Gasteiger partial charge in [0.25, 0.3) is 6.71 Å².